The van der Waals surface area contributed by atoms with Crippen LogP contribution in [0.4, 0.5) is 9.59 Å². The van der Waals surface area contributed by atoms with Gasteiger partial charge < -0.3 is 37.9 Å². The minimum Gasteiger partial charge on any atom is -0.497 e. The first-order valence-electron chi connectivity index (χ1n) is 32.4. The Bertz CT molecular complexity index is 4610. The zero-order valence-electron chi connectivity index (χ0n) is 59.7. The number of benzene rings is 10. The maximum Gasteiger partial charge on any atom is 0.514 e. The number of nitrogens with zero attached hydrogens (tertiary/aromatic N) is 2. The summed E-state index contributed by atoms with van der Waals surface area (Å²) in [6.07, 6.45) is 5.57. The maximum atomic E-state index is 13.8. The summed E-state index contributed by atoms with van der Waals surface area (Å²) < 4.78 is 90.8. The topological polar surface area (TPSA) is 218 Å². The molecule has 1 aliphatic rings. The van der Waals surface area contributed by atoms with Gasteiger partial charge in [0, 0.05) is 67.4 Å². The van der Waals surface area contributed by atoms with Crippen LogP contribution in [-0.4, -0.2) is 107 Å². The van der Waals surface area contributed by atoms with Gasteiger partial charge in [-0.2, -0.15) is 0 Å². The van der Waals surface area contributed by atoms with Crippen molar-refractivity contribution >= 4 is 71.9 Å². The SMILES string of the molecule is CC(C)(C)OC(=O)Oc1ccc2ccccc2c1.CCC(C)c1ccc(OC(=O)OC(C)(C)C)cc1.CN=Cc1c(OC)ccc2ccccc12.CN=Cc1ccc(OC)cc1OC.CS(=O)(=O)c1ccc(C2(c3ccc(S(C)(=O)=O)cc3)C(=O)OC2(c2ccccc2)c2ccccc2)cc1. The molecule has 528 valence electrons. The van der Waals surface area contributed by atoms with E-state index in [0.717, 1.165) is 69.2 Å². The lowest BCUT2D eigenvalue weighted by Crippen LogP contribution is -2.68. The lowest BCUT2D eigenvalue weighted by molar-refractivity contribution is -0.208. The third-order valence-corrected chi connectivity index (χ3v) is 18.2. The summed E-state index contributed by atoms with van der Waals surface area (Å²) in [5.74, 6) is 3.40. The second-order valence-electron chi connectivity index (χ2n) is 25.5. The van der Waals surface area contributed by atoms with Gasteiger partial charge in [-0.1, -0.05) is 172 Å². The number of cyclic esters (lactones) is 1. The van der Waals surface area contributed by atoms with Crippen molar-refractivity contribution in [2.75, 3.05) is 47.9 Å². The van der Waals surface area contributed by atoms with Crippen LogP contribution < -0.4 is 23.7 Å². The first kappa shape index (κ1) is 77.7. The molecule has 19 heteroatoms. The summed E-state index contributed by atoms with van der Waals surface area (Å²) in [5.41, 5.74) is 1.92. The van der Waals surface area contributed by atoms with Crippen LogP contribution >= 0.6 is 0 Å². The molecule has 0 N–H and O–H groups in total. The number of ether oxygens (including phenoxy) is 8. The van der Waals surface area contributed by atoms with E-state index in [1.165, 1.54) is 40.6 Å². The first-order chi connectivity index (χ1) is 47.9. The molecule has 0 saturated carbocycles. The molecular formula is C82H88N2O15S2. The van der Waals surface area contributed by atoms with E-state index >= 15 is 0 Å². The van der Waals surface area contributed by atoms with Gasteiger partial charge in [0.25, 0.3) is 0 Å². The van der Waals surface area contributed by atoms with Crippen LogP contribution in [0, 0.1) is 0 Å². The van der Waals surface area contributed by atoms with Gasteiger partial charge in [-0.15, -0.1) is 0 Å². The Morgan fingerprint density at radius 3 is 1.39 bits per heavy atom. The molecule has 1 saturated heterocycles. The van der Waals surface area contributed by atoms with Gasteiger partial charge >= 0.3 is 18.3 Å². The Morgan fingerprint density at radius 1 is 0.485 bits per heavy atom. The normalized spacial score (nSPS) is 13.3. The molecule has 0 amide bonds. The molecule has 0 aliphatic carbocycles. The monoisotopic (exact) mass is 1400 g/mol. The van der Waals surface area contributed by atoms with Gasteiger partial charge in [0.05, 0.1) is 31.1 Å². The Labute approximate surface area is 593 Å². The molecule has 0 radical (unpaired) electrons. The van der Waals surface area contributed by atoms with Gasteiger partial charge in [0.1, 0.15) is 39.9 Å². The number of methoxy groups -OCH3 is 3. The van der Waals surface area contributed by atoms with Crippen LogP contribution in [0.1, 0.15) is 107 Å². The highest BCUT2D eigenvalue weighted by molar-refractivity contribution is 7.91. The van der Waals surface area contributed by atoms with Crippen molar-refractivity contribution in [3.05, 3.63) is 269 Å². The lowest BCUT2D eigenvalue weighted by Gasteiger charge is -2.57. The average molecular weight is 1410 g/mol. The molecule has 1 fully saturated rings. The summed E-state index contributed by atoms with van der Waals surface area (Å²) in [6, 6.07) is 69.9. The number of esters is 1. The fourth-order valence-corrected chi connectivity index (χ4v) is 12.3. The third kappa shape index (κ3) is 20.1. The van der Waals surface area contributed by atoms with Crippen molar-refractivity contribution in [3.8, 4) is 28.7 Å². The molecule has 1 unspecified atom stereocenters. The quantitative estimate of drug-likeness (QED) is 0.0403. The highest BCUT2D eigenvalue weighted by Crippen LogP contribution is 2.61. The van der Waals surface area contributed by atoms with E-state index in [2.05, 4.69) is 42.0 Å². The molecule has 0 bridgehead atoms. The molecule has 17 nitrogen and oxygen atoms in total. The van der Waals surface area contributed by atoms with E-state index in [1.807, 2.05) is 152 Å². The molecule has 10 aromatic rings. The molecule has 11 rings (SSSR count). The molecule has 0 aromatic heterocycles. The number of fused-ring (bicyclic) bond motifs is 2. The standard InChI is InChI=1S/C29H24O6S2.C15H16O3.C15H22O3.C13H13NO.C10H13NO2/c1-36(31,32)25-17-13-21(14-18-25)28(22-15-19-26(20-16-22)37(2,33)34)27(30)35-29(28,23-9-5-3-6-10-23)24-11-7-4-8-12-24;1-15(2,3)18-14(16)17-13-9-8-11-6-4-5-7-12(11)10-13;1-6-11(2)12-7-9-13(10-8-12)17-14(16)18-15(3,4)5;1-14-9-12-11-6-4-3-5-10(11)7-8-13(12)15-2;1-11-7-8-4-5-9(12-2)6-10(8)13-3/h3-20H,1-2H3;4-10H,1-3H3;7-11H,6H2,1-5H3;3-9H,1-2H3;4-7H,1-3H3. The van der Waals surface area contributed by atoms with Crippen molar-refractivity contribution in [3.63, 3.8) is 0 Å². The molecular weight excluding hydrogens is 1320 g/mol. The molecule has 101 heavy (non-hydrogen) atoms. The van der Waals surface area contributed by atoms with E-state index in [-0.39, 0.29) is 9.79 Å². The van der Waals surface area contributed by atoms with Crippen LogP contribution in [0.5, 0.6) is 28.7 Å². The summed E-state index contributed by atoms with van der Waals surface area (Å²) in [4.78, 5) is 45.0. The van der Waals surface area contributed by atoms with Crippen molar-refractivity contribution in [2.24, 2.45) is 9.98 Å². The maximum absolute atomic E-state index is 13.8. The second-order valence-corrected chi connectivity index (χ2v) is 29.5. The van der Waals surface area contributed by atoms with Crippen LogP contribution in [0.15, 0.2) is 250 Å². The van der Waals surface area contributed by atoms with Gasteiger partial charge in [0.15, 0.2) is 30.7 Å². The summed E-state index contributed by atoms with van der Waals surface area (Å²) in [7, 11) is 1.48. The number of rotatable bonds is 15. The van der Waals surface area contributed by atoms with E-state index in [4.69, 9.17) is 37.9 Å². The largest absolute Gasteiger partial charge is 0.514 e. The minimum atomic E-state index is -3.47. The van der Waals surface area contributed by atoms with Crippen molar-refractivity contribution in [1.82, 2.24) is 0 Å². The van der Waals surface area contributed by atoms with Crippen LogP contribution in [-0.2, 0) is 49.7 Å². The smallest absolute Gasteiger partial charge is 0.497 e. The number of sulfone groups is 2. The van der Waals surface area contributed by atoms with Gasteiger partial charge in [-0.3, -0.25) is 14.8 Å². The van der Waals surface area contributed by atoms with E-state index < -0.39 is 60.2 Å². The fraction of sp³-hybridized carbons (Fsp3) is 0.256. The van der Waals surface area contributed by atoms with Crippen LogP contribution in [0.3, 0.4) is 0 Å². The number of carbonyl (C=O) groups excluding carboxylic acids is 3. The summed E-state index contributed by atoms with van der Waals surface area (Å²) in [6.45, 7) is 15.1. The Kier molecular flexibility index (Phi) is 26.5. The number of aliphatic imine (C=N–C) groups is 2. The molecule has 1 atom stereocenters. The Balaban J connectivity index is 0.000000190. The van der Waals surface area contributed by atoms with Crippen molar-refractivity contribution in [2.45, 2.75) is 99.7 Å². The van der Waals surface area contributed by atoms with Crippen LogP contribution in [0.2, 0.25) is 0 Å². The molecule has 0 spiro atoms. The Morgan fingerprint density at radius 2 is 0.931 bits per heavy atom. The zero-order chi connectivity index (χ0) is 73.8. The number of carbonyl (C=O) groups is 3. The van der Waals surface area contributed by atoms with E-state index in [9.17, 15) is 31.2 Å². The molecule has 1 aliphatic heterocycles. The minimum absolute atomic E-state index is 0.122. The van der Waals surface area contributed by atoms with Crippen molar-refractivity contribution in [1.29, 1.82) is 0 Å². The second kappa shape index (κ2) is 34.4. The summed E-state index contributed by atoms with van der Waals surface area (Å²) >= 11 is 0. The van der Waals surface area contributed by atoms with E-state index in [1.54, 1.807) is 126 Å². The number of hydrogen-bond donors (Lipinski definition) is 0. The fourth-order valence-electron chi connectivity index (χ4n) is 11.0. The molecule has 10 aromatic carbocycles. The Hall–Kier alpha value is -10.6. The predicted molar refractivity (Wildman–Crippen MR) is 400 cm³/mol. The van der Waals surface area contributed by atoms with Crippen LogP contribution in [0.25, 0.3) is 21.5 Å². The number of hydrogen-bond acceptors (Lipinski definition) is 17. The highest BCUT2D eigenvalue weighted by Gasteiger charge is 2.72. The lowest BCUT2D eigenvalue weighted by atomic mass is 9.54. The average Bonchev–Trinajstić information content (AvgIpc) is 0.666. The third-order valence-electron chi connectivity index (χ3n) is 16.0. The van der Waals surface area contributed by atoms with Gasteiger partial charge in [-0.25, -0.2) is 26.4 Å². The predicted octanol–water partition coefficient (Wildman–Crippen LogP) is 17.6. The van der Waals surface area contributed by atoms with E-state index in [0.29, 0.717) is 28.5 Å². The van der Waals surface area contributed by atoms with Gasteiger partial charge in [0.2, 0.25) is 0 Å². The zero-order valence-corrected chi connectivity index (χ0v) is 61.3. The summed E-state index contributed by atoms with van der Waals surface area (Å²) in [5, 5.41) is 4.50. The van der Waals surface area contributed by atoms with Crippen molar-refractivity contribution < 1.29 is 69.1 Å². The molecule has 1 heterocycles. The highest BCUT2D eigenvalue weighted by atomic mass is 32.2. The van der Waals surface area contributed by atoms with Gasteiger partial charge in [-0.05, 0) is 159 Å². The first-order valence-corrected chi connectivity index (χ1v) is 36.2.